The molecule has 0 bridgehead atoms. The lowest BCUT2D eigenvalue weighted by molar-refractivity contribution is 0.415. The normalized spacial score (nSPS) is 10.7. The Bertz CT molecular complexity index is 722. The Morgan fingerprint density at radius 1 is 1.20 bits per heavy atom. The number of aromatic amines is 1. The van der Waals surface area contributed by atoms with Crippen molar-refractivity contribution >= 4 is 28.3 Å². The summed E-state index contributed by atoms with van der Waals surface area (Å²) in [6.07, 6.45) is 0. The lowest BCUT2D eigenvalue weighted by Crippen LogP contribution is -2.00. The van der Waals surface area contributed by atoms with Crippen molar-refractivity contribution in [2.75, 3.05) is 12.4 Å². The fourth-order valence-corrected chi connectivity index (χ4v) is 2.13. The summed E-state index contributed by atoms with van der Waals surface area (Å²) in [4.78, 5) is 7.79. The third-order valence-corrected chi connectivity index (χ3v) is 3.29. The average Bonchev–Trinajstić information content (AvgIpc) is 2.88. The Balaban J connectivity index is 1.75. The van der Waals surface area contributed by atoms with Crippen molar-refractivity contribution in [3.8, 4) is 5.75 Å². The van der Waals surface area contributed by atoms with E-state index in [1.165, 1.54) is 0 Å². The SMILES string of the molecule is COc1ccc2nc(CNc3ccc(Cl)cc3)[nH]c2c1. The summed E-state index contributed by atoms with van der Waals surface area (Å²) in [5, 5.41) is 4.02. The predicted octanol–water partition coefficient (Wildman–Crippen LogP) is 3.84. The first-order valence-electron chi connectivity index (χ1n) is 6.27. The highest BCUT2D eigenvalue weighted by atomic mass is 35.5. The van der Waals surface area contributed by atoms with Gasteiger partial charge in [0.05, 0.1) is 24.7 Å². The number of anilines is 1. The van der Waals surface area contributed by atoms with Crippen molar-refractivity contribution in [1.82, 2.24) is 9.97 Å². The van der Waals surface area contributed by atoms with Crippen LogP contribution in [0.2, 0.25) is 5.02 Å². The van der Waals surface area contributed by atoms with E-state index in [-0.39, 0.29) is 0 Å². The quantitative estimate of drug-likeness (QED) is 0.766. The van der Waals surface area contributed by atoms with Crippen LogP contribution in [0.3, 0.4) is 0 Å². The molecule has 0 aliphatic carbocycles. The lowest BCUT2D eigenvalue weighted by Gasteiger charge is -2.03. The molecule has 0 amide bonds. The average molecular weight is 288 g/mol. The molecule has 4 nitrogen and oxygen atoms in total. The Morgan fingerprint density at radius 3 is 2.75 bits per heavy atom. The molecule has 2 N–H and O–H groups in total. The molecule has 0 aliphatic heterocycles. The van der Waals surface area contributed by atoms with E-state index >= 15 is 0 Å². The summed E-state index contributed by atoms with van der Waals surface area (Å²) in [5.74, 6) is 1.70. The van der Waals surface area contributed by atoms with Crippen molar-refractivity contribution < 1.29 is 4.74 Å². The number of H-pyrrole nitrogens is 1. The number of nitrogens with zero attached hydrogens (tertiary/aromatic N) is 1. The number of aromatic nitrogens is 2. The summed E-state index contributed by atoms with van der Waals surface area (Å²) >= 11 is 5.85. The van der Waals surface area contributed by atoms with E-state index in [1.807, 2.05) is 42.5 Å². The zero-order valence-corrected chi connectivity index (χ0v) is 11.7. The Hall–Kier alpha value is -2.20. The molecule has 3 rings (SSSR count). The molecule has 20 heavy (non-hydrogen) atoms. The monoisotopic (exact) mass is 287 g/mol. The second-order valence-electron chi connectivity index (χ2n) is 4.43. The molecule has 1 heterocycles. The third-order valence-electron chi connectivity index (χ3n) is 3.04. The molecule has 102 valence electrons. The molecule has 0 fully saturated rings. The second-order valence-corrected chi connectivity index (χ2v) is 4.86. The number of fused-ring (bicyclic) bond motifs is 1. The first-order chi connectivity index (χ1) is 9.74. The van der Waals surface area contributed by atoms with E-state index in [1.54, 1.807) is 7.11 Å². The van der Waals surface area contributed by atoms with Gasteiger partial charge in [-0.25, -0.2) is 4.98 Å². The topological polar surface area (TPSA) is 49.9 Å². The fourth-order valence-electron chi connectivity index (χ4n) is 2.01. The molecule has 0 aliphatic rings. The Labute approximate surface area is 121 Å². The van der Waals surface area contributed by atoms with E-state index in [0.717, 1.165) is 33.3 Å². The van der Waals surface area contributed by atoms with Gasteiger partial charge in [0.1, 0.15) is 11.6 Å². The minimum atomic E-state index is 0.624. The van der Waals surface area contributed by atoms with Crippen molar-refractivity contribution in [3.05, 3.63) is 53.3 Å². The van der Waals surface area contributed by atoms with Gasteiger partial charge in [-0.2, -0.15) is 0 Å². The van der Waals surface area contributed by atoms with Crippen LogP contribution < -0.4 is 10.1 Å². The summed E-state index contributed by atoms with van der Waals surface area (Å²) in [6.45, 7) is 0.624. The maximum Gasteiger partial charge on any atom is 0.126 e. The zero-order chi connectivity index (χ0) is 13.9. The molecule has 0 spiro atoms. The van der Waals surface area contributed by atoms with Crippen LogP contribution in [0.5, 0.6) is 5.75 Å². The number of methoxy groups -OCH3 is 1. The van der Waals surface area contributed by atoms with Crippen molar-refractivity contribution in [1.29, 1.82) is 0 Å². The van der Waals surface area contributed by atoms with Crippen LogP contribution in [0.15, 0.2) is 42.5 Å². The van der Waals surface area contributed by atoms with Gasteiger partial charge >= 0.3 is 0 Å². The highest BCUT2D eigenvalue weighted by Crippen LogP contribution is 2.19. The highest BCUT2D eigenvalue weighted by molar-refractivity contribution is 6.30. The van der Waals surface area contributed by atoms with E-state index in [4.69, 9.17) is 16.3 Å². The molecule has 3 aromatic rings. The number of ether oxygens (including phenoxy) is 1. The predicted molar refractivity (Wildman–Crippen MR) is 81.4 cm³/mol. The Kier molecular flexibility index (Phi) is 3.48. The molecule has 0 atom stereocenters. The summed E-state index contributed by atoms with van der Waals surface area (Å²) in [7, 11) is 1.65. The third kappa shape index (κ3) is 2.70. The number of hydrogen-bond donors (Lipinski definition) is 2. The maximum atomic E-state index is 5.85. The minimum absolute atomic E-state index is 0.624. The minimum Gasteiger partial charge on any atom is -0.497 e. The largest absolute Gasteiger partial charge is 0.497 e. The smallest absolute Gasteiger partial charge is 0.126 e. The fraction of sp³-hybridized carbons (Fsp3) is 0.133. The van der Waals surface area contributed by atoms with Gasteiger partial charge in [0.15, 0.2) is 0 Å². The highest BCUT2D eigenvalue weighted by Gasteiger charge is 2.04. The second kappa shape index (κ2) is 5.43. The first-order valence-corrected chi connectivity index (χ1v) is 6.64. The lowest BCUT2D eigenvalue weighted by atomic mass is 10.3. The summed E-state index contributed by atoms with van der Waals surface area (Å²) < 4.78 is 5.20. The van der Waals surface area contributed by atoms with Crippen LogP contribution in [0.1, 0.15) is 5.82 Å². The van der Waals surface area contributed by atoms with Gasteiger partial charge in [-0.3, -0.25) is 0 Å². The van der Waals surface area contributed by atoms with Crippen LogP contribution in [-0.2, 0) is 6.54 Å². The van der Waals surface area contributed by atoms with Crippen LogP contribution in [0.25, 0.3) is 11.0 Å². The molecule has 2 aromatic carbocycles. The van der Waals surface area contributed by atoms with Gasteiger partial charge in [-0.05, 0) is 36.4 Å². The Morgan fingerprint density at radius 2 is 2.00 bits per heavy atom. The molecule has 5 heteroatoms. The van der Waals surface area contributed by atoms with Gasteiger partial charge in [-0.15, -0.1) is 0 Å². The van der Waals surface area contributed by atoms with Crippen LogP contribution in [0, 0.1) is 0 Å². The molecule has 0 radical (unpaired) electrons. The molecular weight excluding hydrogens is 274 g/mol. The van der Waals surface area contributed by atoms with Crippen molar-refractivity contribution in [2.24, 2.45) is 0 Å². The molecule has 0 unspecified atom stereocenters. The van der Waals surface area contributed by atoms with Gasteiger partial charge in [-0.1, -0.05) is 11.6 Å². The van der Waals surface area contributed by atoms with Crippen LogP contribution in [0.4, 0.5) is 5.69 Å². The maximum absolute atomic E-state index is 5.85. The molecule has 0 saturated heterocycles. The zero-order valence-electron chi connectivity index (χ0n) is 11.0. The van der Waals surface area contributed by atoms with Gasteiger partial charge < -0.3 is 15.0 Å². The van der Waals surface area contributed by atoms with E-state index in [9.17, 15) is 0 Å². The van der Waals surface area contributed by atoms with Crippen molar-refractivity contribution in [3.63, 3.8) is 0 Å². The number of rotatable bonds is 4. The van der Waals surface area contributed by atoms with Crippen LogP contribution >= 0.6 is 11.6 Å². The van der Waals surface area contributed by atoms with Gasteiger partial charge in [0.2, 0.25) is 0 Å². The van der Waals surface area contributed by atoms with Gasteiger partial charge in [0.25, 0.3) is 0 Å². The molecule has 1 aromatic heterocycles. The van der Waals surface area contributed by atoms with Crippen molar-refractivity contribution in [2.45, 2.75) is 6.54 Å². The number of benzene rings is 2. The number of hydrogen-bond acceptors (Lipinski definition) is 3. The van der Waals surface area contributed by atoms with E-state index in [2.05, 4.69) is 15.3 Å². The van der Waals surface area contributed by atoms with E-state index < -0.39 is 0 Å². The number of imidazole rings is 1. The standard InChI is InChI=1S/C15H14ClN3O/c1-20-12-6-7-13-14(8-12)19-15(18-13)9-17-11-4-2-10(16)3-5-11/h2-8,17H,9H2,1H3,(H,18,19). The first kappa shape index (κ1) is 12.8. The summed E-state index contributed by atoms with van der Waals surface area (Å²) in [6, 6.07) is 13.4. The summed E-state index contributed by atoms with van der Waals surface area (Å²) in [5.41, 5.74) is 2.91. The van der Waals surface area contributed by atoms with E-state index in [0.29, 0.717) is 6.54 Å². The van der Waals surface area contributed by atoms with Crippen LogP contribution in [-0.4, -0.2) is 17.1 Å². The number of nitrogens with one attached hydrogen (secondary N) is 2. The molecule has 0 saturated carbocycles. The number of halogens is 1. The molecular formula is C15H14ClN3O. The van der Waals surface area contributed by atoms with Gasteiger partial charge in [0, 0.05) is 16.8 Å².